The largest absolute Gasteiger partial charge is 0.497 e. The van der Waals surface area contributed by atoms with Gasteiger partial charge in [-0.2, -0.15) is 0 Å². The van der Waals surface area contributed by atoms with E-state index in [1.807, 2.05) is 35.2 Å². The second kappa shape index (κ2) is 7.56. The molecule has 2 aromatic carbocycles. The number of benzene rings is 2. The summed E-state index contributed by atoms with van der Waals surface area (Å²) < 4.78 is 30.0. The Hall–Kier alpha value is -2.38. The lowest BCUT2D eigenvalue weighted by Gasteiger charge is -2.43. The van der Waals surface area contributed by atoms with Gasteiger partial charge in [0, 0.05) is 18.3 Å². The first kappa shape index (κ1) is 19.0. The lowest BCUT2D eigenvalue weighted by Crippen LogP contribution is -2.62. The predicted molar refractivity (Wildman–Crippen MR) is 108 cm³/mol. The van der Waals surface area contributed by atoms with Crippen LogP contribution in [0.15, 0.2) is 54.6 Å². The van der Waals surface area contributed by atoms with Gasteiger partial charge in [-0.25, -0.2) is 8.42 Å². The molecule has 1 amide bonds. The molecule has 6 nitrogen and oxygen atoms in total. The molecule has 2 aliphatic heterocycles. The van der Waals surface area contributed by atoms with Crippen LogP contribution in [0, 0.1) is 0 Å². The van der Waals surface area contributed by atoms with E-state index < -0.39 is 9.84 Å². The third-order valence-electron chi connectivity index (χ3n) is 5.58. The minimum atomic E-state index is -3.18. The average Bonchev–Trinajstić information content (AvgIpc) is 3.02. The molecule has 4 rings (SSSR count). The van der Waals surface area contributed by atoms with Crippen molar-refractivity contribution in [1.82, 2.24) is 4.90 Å². The van der Waals surface area contributed by atoms with Gasteiger partial charge in [-0.15, -0.1) is 0 Å². The maximum Gasteiger partial charge on any atom is 0.241 e. The molecule has 2 aliphatic rings. The highest BCUT2D eigenvalue weighted by atomic mass is 32.2. The van der Waals surface area contributed by atoms with Crippen molar-refractivity contribution in [2.24, 2.45) is 0 Å². The number of carbonyl (C=O) groups is 1. The van der Waals surface area contributed by atoms with Crippen molar-refractivity contribution < 1.29 is 17.9 Å². The molecule has 0 bridgehead atoms. The Morgan fingerprint density at radius 1 is 1.00 bits per heavy atom. The molecule has 28 heavy (non-hydrogen) atoms. The molecule has 2 saturated heterocycles. The molecule has 7 heteroatoms. The molecule has 0 unspecified atom stereocenters. The van der Waals surface area contributed by atoms with E-state index in [9.17, 15) is 13.2 Å². The monoisotopic (exact) mass is 400 g/mol. The summed E-state index contributed by atoms with van der Waals surface area (Å²) in [7, 11) is -1.59. The molecule has 2 atom stereocenters. The molecule has 2 heterocycles. The lowest BCUT2D eigenvalue weighted by molar-refractivity contribution is -0.123. The number of amides is 1. The van der Waals surface area contributed by atoms with Gasteiger partial charge < -0.3 is 9.64 Å². The number of hydrogen-bond acceptors (Lipinski definition) is 5. The van der Waals surface area contributed by atoms with E-state index in [4.69, 9.17) is 4.74 Å². The Morgan fingerprint density at radius 2 is 1.68 bits per heavy atom. The minimum absolute atomic E-state index is 0.0112. The highest BCUT2D eigenvalue weighted by molar-refractivity contribution is 7.91. The number of fused-ring (bicyclic) bond motifs is 1. The van der Waals surface area contributed by atoms with Gasteiger partial charge >= 0.3 is 0 Å². The predicted octanol–water partition coefficient (Wildman–Crippen LogP) is 1.75. The molecular weight excluding hydrogens is 376 g/mol. The first-order valence-electron chi connectivity index (χ1n) is 9.41. The van der Waals surface area contributed by atoms with Crippen molar-refractivity contribution in [3.05, 3.63) is 60.2 Å². The number of carbonyl (C=O) groups excluding carboxylic acids is 1. The second-order valence-electron chi connectivity index (χ2n) is 7.38. The van der Waals surface area contributed by atoms with Crippen LogP contribution in [-0.4, -0.2) is 63.0 Å². The first-order chi connectivity index (χ1) is 13.5. The van der Waals surface area contributed by atoms with E-state index in [1.165, 1.54) is 5.56 Å². The average molecular weight is 401 g/mol. The van der Waals surface area contributed by atoms with Gasteiger partial charge in [0.2, 0.25) is 5.91 Å². The van der Waals surface area contributed by atoms with Crippen molar-refractivity contribution in [2.75, 3.05) is 36.6 Å². The highest BCUT2D eigenvalue weighted by Crippen LogP contribution is 2.32. The number of nitrogens with zero attached hydrogens (tertiary/aromatic N) is 2. The molecule has 0 saturated carbocycles. The number of hydrogen-bond donors (Lipinski definition) is 0. The molecular formula is C21H24N2O4S. The van der Waals surface area contributed by atoms with E-state index in [0.29, 0.717) is 12.3 Å². The van der Waals surface area contributed by atoms with Gasteiger partial charge in [0.15, 0.2) is 9.84 Å². The molecule has 0 aliphatic carbocycles. The molecule has 148 valence electrons. The van der Waals surface area contributed by atoms with Crippen molar-refractivity contribution >= 4 is 21.4 Å². The fourth-order valence-electron chi connectivity index (χ4n) is 4.20. The zero-order chi connectivity index (χ0) is 19.7. The Bertz CT molecular complexity index is 944. The van der Waals surface area contributed by atoms with Gasteiger partial charge in [-0.05, 0) is 36.2 Å². The normalized spacial score (nSPS) is 24.2. The van der Waals surface area contributed by atoms with E-state index in [-0.39, 0.29) is 36.0 Å². The number of ether oxygens (including phenoxy) is 1. The van der Waals surface area contributed by atoms with Crippen LogP contribution in [0.2, 0.25) is 0 Å². The summed E-state index contributed by atoms with van der Waals surface area (Å²) in [5.74, 6) is 0.758. The standard InChI is InChI=1S/C21H24N2O4S/c1-27-18-9-7-17(8-10-18)23-20-15-28(25,26)14-19(20)22(13-21(23)24)12-11-16-5-3-2-4-6-16/h2-10,19-20H,11-15H2,1H3/t19-,20-/m0/s1. The molecule has 2 fully saturated rings. The maximum atomic E-state index is 13.0. The van der Waals surface area contributed by atoms with Gasteiger partial charge in [0.25, 0.3) is 0 Å². The van der Waals surface area contributed by atoms with Gasteiger partial charge in [-0.3, -0.25) is 9.69 Å². The topological polar surface area (TPSA) is 66.9 Å². The van der Waals surface area contributed by atoms with E-state index >= 15 is 0 Å². The lowest BCUT2D eigenvalue weighted by atomic mass is 10.0. The quantitative estimate of drug-likeness (QED) is 0.765. The highest BCUT2D eigenvalue weighted by Gasteiger charge is 2.49. The van der Waals surface area contributed by atoms with Crippen LogP contribution < -0.4 is 9.64 Å². The summed E-state index contributed by atoms with van der Waals surface area (Å²) in [4.78, 5) is 16.7. The maximum absolute atomic E-state index is 13.0. The molecule has 0 N–H and O–H groups in total. The Labute approximate surface area is 165 Å². The first-order valence-corrected chi connectivity index (χ1v) is 11.2. The van der Waals surface area contributed by atoms with Crippen LogP contribution in [0.5, 0.6) is 5.75 Å². The third-order valence-corrected chi connectivity index (χ3v) is 7.28. The minimum Gasteiger partial charge on any atom is -0.497 e. The summed E-state index contributed by atoms with van der Waals surface area (Å²) in [5.41, 5.74) is 1.91. The molecule has 0 radical (unpaired) electrons. The van der Waals surface area contributed by atoms with Gasteiger partial charge in [0.1, 0.15) is 5.75 Å². The van der Waals surface area contributed by atoms with Crippen molar-refractivity contribution in [3.8, 4) is 5.75 Å². The van der Waals surface area contributed by atoms with Crippen molar-refractivity contribution in [1.29, 1.82) is 0 Å². The number of rotatable bonds is 5. The number of anilines is 1. The van der Waals surface area contributed by atoms with Crippen molar-refractivity contribution in [3.63, 3.8) is 0 Å². The zero-order valence-electron chi connectivity index (χ0n) is 15.8. The molecule has 0 spiro atoms. The van der Waals surface area contributed by atoms with Crippen LogP contribution >= 0.6 is 0 Å². The fourth-order valence-corrected chi connectivity index (χ4v) is 6.18. The van der Waals surface area contributed by atoms with E-state index in [0.717, 1.165) is 12.1 Å². The smallest absolute Gasteiger partial charge is 0.241 e. The summed E-state index contributed by atoms with van der Waals surface area (Å²) >= 11 is 0. The third kappa shape index (κ3) is 3.77. The van der Waals surface area contributed by atoms with Crippen molar-refractivity contribution in [2.45, 2.75) is 18.5 Å². The number of piperazine rings is 1. The van der Waals surface area contributed by atoms with Crippen LogP contribution in [0.25, 0.3) is 0 Å². The molecule has 0 aromatic heterocycles. The van der Waals surface area contributed by atoms with E-state index in [2.05, 4.69) is 12.1 Å². The number of sulfone groups is 1. The van der Waals surface area contributed by atoms with Crippen LogP contribution in [0.3, 0.4) is 0 Å². The summed E-state index contributed by atoms with van der Waals surface area (Å²) in [6.45, 7) is 0.901. The SMILES string of the molecule is COc1ccc(N2C(=O)CN(CCc3ccccc3)[C@H]3CS(=O)(=O)C[C@@H]32)cc1. The molecule has 2 aromatic rings. The summed E-state index contributed by atoms with van der Waals surface area (Å²) in [6, 6.07) is 16.8. The van der Waals surface area contributed by atoms with E-state index in [1.54, 1.807) is 24.1 Å². The van der Waals surface area contributed by atoms with Crippen LogP contribution in [0.4, 0.5) is 5.69 Å². The van der Waals surface area contributed by atoms with Crippen LogP contribution in [-0.2, 0) is 21.1 Å². The second-order valence-corrected chi connectivity index (χ2v) is 9.53. The Morgan fingerprint density at radius 3 is 2.36 bits per heavy atom. The number of methoxy groups -OCH3 is 1. The Balaban J connectivity index is 1.58. The summed E-state index contributed by atoms with van der Waals surface area (Å²) in [6.07, 6.45) is 0.792. The zero-order valence-corrected chi connectivity index (χ0v) is 16.6. The van der Waals surface area contributed by atoms with Crippen LogP contribution in [0.1, 0.15) is 5.56 Å². The Kier molecular flexibility index (Phi) is 5.12. The van der Waals surface area contributed by atoms with Gasteiger partial charge in [-0.1, -0.05) is 30.3 Å². The van der Waals surface area contributed by atoms with Gasteiger partial charge in [0.05, 0.1) is 31.2 Å². The summed E-state index contributed by atoms with van der Waals surface area (Å²) in [5, 5.41) is 0. The fraction of sp³-hybridized carbons (Fsp3) is 0.381.